The number of methoxy groups -OCH3 is 1. The number of benzene rings is 3. The zero-order valence-electron chi connectivity index (χ0n) is 18.7. The summed E-state index contributed by atoms with van der Waals surface area (Å²) in [7, 11) is 1.53. The number of carbonyl (C=O) groups is 1. The summed E-state index contributed by atoms with van der Waals surface area (Å²) in [6, 6.07) is 16.5. The number of carbonyl (C=O) groups excluding carboxylic acids is 1. The number of nitrogens with one attached hydrogen (secondary N) is 1. The Hall–Kier alpha value is -2.73. The van der Waals surface area contributed by atoms with E-state index in [-0.39, 0.29) is 12.2 Å². The van der Waals surface area contributed by atoms with Crippen molar-refractivity contribution in [2.75, 3.05) is 12.4 Å². The Kier molecular flexibility index (Phi) is 8.84. The van der Waals surface area contributed by atoms with E-state index in [1.54, 1.807) is 18.2 Å². The fourth-order valence-electron chi connectivity index (χ4n) is 3.26. The van der Waals surface area contributed by atoms with Crippen molar-refractivity contribution in [3.05, 3.63) is 90.0 Å². The number of nitriles is 1. The summed E-state index contributed by atoms with van der Waals surface area (Å²) >= 11 is 14.2. The molecule has 0 heterocycles. The van der Waals surface area contributed by atoms with Crippen molar-refractivity contribution in [3.8, 4) is 17.6 Å². The van der Waals surface area contributed by atoms with Gasteiger partial charge >= 0.3 is 0 Å². The molecule has 0 aliphatic heterocycles. The molecule has 3 rings (SSSR count). The molecule has 0 saturated carbocycles. The van der Waals surface area contributed by atoms with Crippen LogP contribution in [0.2, 0.25) is 10.0 Å². The van der Waals surface area contributed by atoms with E-state index in [0.717, 1.165) is 20.3 Å². The molecule has 5 nitrogen and oxygen atoms in total. The van der Waals surface area contributed by atoms with Gasteiger partial charge < -0.3 is 14.8 Å². The maximum Gasteiger partial charge on any atom is 0.266 e. The van der Waals surface area contributed by atoms with Crippen LogP contribution in [0.15, 0.2) is 54.1 Å². The molecule has 0 aliphatic carbocycles. The van der Waals surface area contributed by atoms with Crippen molar-refractivity contribution in [2.45, 2.75) is 20.5 Å². The lowest BCUT2D eigenvalue weighted by atomic mass is 10.1. The highest BCUT2D eigenvalue weighted by Gasteiger charge is 2.15. The molecule has 0 fully saturated rings. The molecule has 0 spiro atoms. The van der Waals surface area contributed by atoms with Crippen LogP contribution in [-0.2, 0) is 11.4 Å². The standard InChI is InChI=1S/C26H21Cl2IN2O3/c1-15-5-4-6-16(2)24(15)31-26(32)19(13-30)9-18-11-22(29)25(23(12-18)33-3)34-14-17-7-8-20(27)21(28)10-17/h4-12H,14H2,1-3H3,(H,31,32)/b19-9-. The summed E-state index contributed by atoms with van der Waals surface area (Å²) < 4.78 is 12.3. The Morgan fingerprint density at radius 3 is 2.44 bits per heavy atom. The third-order valence-electron chi connectivity index (χ3n) is 5.01. The first-order chi connectivity index (χ1) is 16.2. The van der Waals surface area contributed by atoms with Crippen LogP contribution in [0, 0.1) is 28.7 Å². The molecule has 0 unspecified atom stereocenters. The first-order valence-electron chi connectivity index (χ1n) is 10.2. The van der Waals surface area contributed by atoms with Gasteiger partial charge in [0, 0.05) is 5.69 Å². The molecule has 0 radical (unpaired) electrons. The molecule has 0 bridgehead atoms. The van der Waals surface area contributed by atoms with Crippen molar-refractivity contribution < 1.29 is 14.3 Å². The van der Waals surface area contributed by atoms with Crippen molar-refractivity contribution in [3.63, 3.8) is 0 Å². The third kappa shape index (κ3) is 6.23. The Morgan fingerprint density at radius 1 is 1.12 bits per heavy atom. The van der Waals surface area contributed by atoms with E-state index < -0.39 is 5.91 Å². The van der Waals surface area contributed by atoms with Crippen molar-refractivity contribution in [2.24, 2.45) is 0 Å². The zero-order valence-corrected chi connectivity index (χ0v) is 22.4. The molecule has 1 N–H and O–H groups in total. The van der Waals surface area contributed by atoms with Gasteiger partial charge in [0.05, 0.1) is 20.7 Å². The minimum atomic E-state index is -0.478. The number of anilines is 1. The summed E-state index contributed by atoms with van der Waals surface area (Å²) in [5.74, 6) is 0.546. The van der Waals surface area contributed by atoms with Crippen LogP contribution in [0.4, 0.5) is 5.69 Å². The summed E-state index contributed by atoms with van der Waals surface area (Å²) in [4.78, 5) is 12.8. The second kappa shape index (κ2) is 11.6. The smallest absolute Gasteiger partial charge is 0.266 e. The number of halogens is 3. The van der Waals surface area contributed by atoms with Crippen LogP contribution >= 0.6 is 45.8 Å². The van der Waals surface area contributed by atoms with Crippen molar-refractivity contribution >= 4 is 63.5 Å². The van der Waals surface area contributed by atoms with Crippen LogP contribution in [0.5, 0.6) is 11.5 Å². The lowest BCUT2D eigenvalue weighted by Crippen LogP contribution is -2.15. The van der Waals surface area contributed by atoms with E-state index >= 15 is 0 Å². The van der Waals surface area contributed by atoms with Crippen LogP contribution in [-0.4, -0.2) is 13.0 Å². The molecule has 34 heavy (non-hydrogen) atoms. The summed E-state index contributed by atoms with van der Waals surface area (Å²) in [6.07, 6.45) is 1.52. The SMILES string of the molecule is COc1cc(/C=C(/C#N)C(=O)Nc2c(C)cccc2C)cc(I)c1OCc1ccc(Cl)c(Cl)c1. The second-order valence-corrected chi connectivity index (χ2v) is 9.44. The van der Waals surface area contributed by atoms with Gasteiger partial charge in [0.25, 0.3) is 5.91 Å². The molecule has 0 aliphatic rings. The van der Waals surface area contributed by atoms with E-state index in [4.69, 9.17) is 32.7 Å². The van der Waals surface area contributed by atoms with E-state index in [1.165, 1.54) is 13.2 Å². The Labute approximate surface area is 222 Å². The maximum absolute atomic E-state index is 12.8. The van der Waals surface area contributed by atoms with Gasteiger partial charge in [0.2, 0.25) is 0 Å². The highest BCUT2D eigenvalue weighted by molar-refractivity contribution is 14.1. The van der Waals surface area contributed by atoms with Gasteiger partial charge in [-0.15, -0.1) is 0 Å². The molecule has 174 valence electrons. The summed E-state index contributed by atoms with van der Waals surface area (Å²) in [6.45, 7) is 4.07. The Morgan fingerprint density at radius 2 is 1.82 bits per heavy atom. The van der Waals surface area contributed by atoms with Crippen molar-refractivity contribution in [1.82, 2.24) is 0 Å². The largest absolute Gasteiger partial charge is 0.493 e. The first-order valence-corrected chi connectivity index (χ1v) is 12.0. The predicted molar refractivity (Wildman–Crippen MR) is 145 cm³/mol. The minimum absolute atomic E-state index is 0.0232. The Balaban J connectivity index is 1.84. The van der Waals surface area contributed by atoms with Gasteiger partial charge in [0.1, 0.15) is 18.2 Å². The van der Waals surface area contributed by atoms with Gasteiger partial charge in [-0.3, -0.25) is 4.79 Å². The fourth-order valence-corrected chi connectivity index (χ4v) is 4.36. The molecule has 3 aromatic carbocycles. The van der Waals surface area contributed by atoms with Crippen LogP contribution < -0.4 is 14.8 Å². The van der Waals surface area contributed by atoms with E-state index in [1.807, 2.05) is 50.2 Å². The summed E-state index contributed by atoms with van der Waals surface area (Å²) in [5, 5.41) is 13.4. The second-order valence-electron chi connectivity index (χ2n) is 7.46. The number of ether oxygens (including phenoxy) is 2. The molecule has 1 amide bonds. The number of amides is 1. The molecule has 0 atom stereocenters. The maximum atomic E-state index is 12.8. The van der Waals surface area contributed by atoms with E-state index in [0.29, 0.717) is 32.8 Å². The molecule has 0 aromatic heterocycles. The van der Waals surface area contributed by atoms with Gasteiger partial charge in [-0.25, -0.2) is 0 Å². The van der Waals surface area contributed by atoms with Crippen LogP contribution in [0.25, 0.3) is 6.08 Å². The summed E-state index contributed by atoms with van der Waals surface area (Å²) in [5.41, 5.74) is 4.01. The number of nitrogens with zero attached hydrogens (tertiary/aromatic N) is 1. The topological polar surface area (TPSA) is 71.3 Å². The highest BCUT2D eigenvalue weighted by Crippen LogP contribution is 2.35. The molecule has 8 heteroatoms. The fraction of sp³-hybridized carbons (Fsp3) is 0.154. The lowest BCUT2D eigenvalue weighted by molar-refractivity contribution is -0.112. The van der Waals surface area contributed by atoms with Gasteiger partial charge in [-0.05, 0) is 89.0 Å². The number of para-hydroxylation sites is 1. The highest BCUT2D eigenvalue weighted by atomic mass is 127. The number of aryl methyl sites for hydroxylation is 2. The number of hydrogen-bond acceptors (Lipinski definition) is 4. The third-order valence-corrected chi connectivity index (χ3v) is 6.56. The van der Waals surface area contributed by atoms with E-state index in [2.05, 4.69) is 27.9 Å². The first kappa shape index (κ1) is 25.9. The average molecular weight is 607 g/mol. The van der Waals surface area contributed by atoms with Crippen molar-refractivity contribution in [1.29, 1.82) is 5.26 Å². The predicted octanol–water partition coefficient (Wildman–Crippen LogP) is 7.35. The number of rotatable bonds is 7. The normalized spacial score (nSPS) is 11.0. The average Bonchev–Trinajstić information content (AvgIpc) is 2.81. The monoisotopic (exact) mass is 606 g/mol. The lowest BCUT2D eigenvalue weighted by Gasteiger charge is -2.14. The Bertz CT molecular complexity index is 1300. The van der Waals surface area contributed by atoms with Crippen LogP contribution in [0.1, 0.15) is 22.3 Å². The van der Waals surface area contributed by atoms with Gasteiger partial charge in [-0.2, -0.15) is 5.26 Å². The molecular formula is C26H21Cl2IN2O3. The van der Waals surface area contributed by atoms with Crippen LogP contribution in [0.3, 0.4) is 0 Å². The minimum Gasteiger partial charge on any atom is -0.493 e. The molecule has 0 saturated heterocycles. The van der Waals surface area contributed by atoms with Gasteiger partial charge in [0.15, 0.2) is 11.5 Å². The van der Waals surface area contributed by atoms with E-state index in [9.17, 15) is 10.1 Å². The zero-order chi connectivity index (χ0) is 24.8. The van der Waals surface area contributed by atoms with Gasteiger partial charge in [-0.1, -0.05) is 47.5 Å². The molecule has 3 aromatic rings. The number of hydrogen-bond donors (Lipinski definition) is 1. The quantitative estimate of drug-likeness (QED) is 0.173. The molecular weight excluding hydrogens is 586 g/mol.